The van der Waals surface area contributed by atoms with Gasteiger partial charge in [0.05, 0.1) is 5.56 Å². The Morgan fingerprint density at radius 1 is 1.31 bits per heavy atom. The first-order chi connectivity index (χ1) is 7.66. The van der Waals surface area contributed by atoms with Crippen LogP contribution in [0.1, 0.15) is 16.8 Å². The highest BCUT2D eigenvalue weighted by Gasteiger charge is 2.52. The van der Waals surface area contributed by atoms with E-state index < -0.39 is 5.97 Å². The minimum atomic E-state index is -0.942. The smallest absolute Gasteiger partial charge is 0.335 e. The van der Waals surface area contributed by atoms with Crippen LogP contribution in [0, 0.1) is 11.8 Å². The van der Waals surface area contributed by atoms with Gasteiger partial charge in [0.2, 0.25) is 5.91 Å². The van der Waals surface area contributed by atoms with Crippen LogP contribution in [0.4, 0.5) is 5.69 Å². The zero-order valence-corrected chi connectivity index (χ0v) is 8.59. The number of fused-ring (bicyclic) bond motifs is 1. The summed E-state index contributed by atoms with van der Waals surface area (Å²) in [5, 5.41) is 8.76. The molecule has 3 rings (SSSR count). The van der Waals surface area contributed by atoms with Crippen molar-refractivity contribution in [3.8, 4) is 0 Å². The summed E-state index contributed by atoms with van der Waals surface area (Å²) in [5.74, 6) is 0.0148. The van der Waals surface area contributed by atoms with E-state index in [2.05, 4.69) is 0 Å². The highest BCUT2D eigenvalue weighted by Crippen LogP contribution is 2.47. The molecule has 0 bridgehead atoms. The molecule has 1 heterocycles. The van der Waals surface area contributed by atoms with E-state index >= 15 is 0 Å². The molecule has 2 atom stereocenters. The van der Waals surface area contributed by atoms with Crippen LogP contribution in [-0.4, -0.2) is 23.5 Å². The van der Waals surface area contributed by atoms with Crippen molar-refractivity contribution in [2.24, 2.45) is 11.8 Å². The molecule has 4 nitrogen and oxygen atoms in total. The number of amides is 1. The molecule has 4 heteroatoms. The number of aromatic carboxylic acids is 1. The van der Waals surface area contributed by atoms with E-state index in [1.54, 1.807) is 17.0 Å². The standard InChI is InChI=1S/C12H11NO3/c14-11-10-5-8(10)6-13(11)9-3-1-7(2-4-9)12(15)16/h1-4,8,10H,5-6H2,(H,15,16). The molecule has 1 aromatic rings. The average Bonchev–Trinajstić information content (AvgIpc) is 2.98. The molecule has 1 amide bonds. The van der Waals surface area contributed by atoms with Crippen molar-refractivity contribution in [1.29, 1.82) is 0 Å². The molecule has 0 spiro atoms. The predicted octanol–water partition coefficient (Wildman–Crippen LogP) is 1.37. The van der Waals surface area contributed by atoms with E-state index in [1.165, 1.54) is 12.1 Å². The Morgan fingerprint density at radius 3 is 2.50 bits per heavy atom. The van der Waals surface area contributed by atoms with Crippen LogP contribution in [0.5, 0.6) is 0 Å². The van der Waals surface area contributed by atoms with Crippen LogP contribution < -0.4 is 4.90 Å². The maximum atomic E-state index is 11.8. The van der Waals surface area contributed by atoms with Crippen molar-refractivity contribution in [3.63, 3.8) is 0 Å². The molecule has 0 aromatic heterocycles. The third-order valence-corrected chi connectivity index (χ3v) is 3.35. The van der Waals surface area contributed by atoms with Gasteiger partial charge in [-0.05, 0) is 36.6 Å². The number of benzene rings is 1. The van der Waals surface area contributed by atoms with Gasteiger partial charge in [-0.15, -0.1) is 0 Å². The molecule has 2 fully saturated rings. The van der Waals surface area contributed by atoms with Gasteiger partial charge < -0.3 is 10.0 Å². The van der Waals surface area contributed by atoms with Gasteiger partial charge in [-0.3, -0.25) is 4.79 Å². The maximum Gasteiger partial charge on any atom is 0.335 e. The second-order valence-electron chi connectivity index (χ2n) is 4.40. The summed E-state index contributed by atoms with van der Waals surface area (Å²) < 4.78 is 0. The molecule has 1 aliphatic carbocycles. The van der Waals surface area contributed by atoms with Crippen LogP contribution in [0.2, 0.25) is 0 Å². The van der Waals surface area contributed by atoms with E-state index in [0.29, 0.717) is 5.92 Å². The van der Waals surface area contributed by atoms with Gasteiger partial charge in [0, 0.05) is 18.2 Å². The number of nitrogens with zero attached hydrogens (tertiary/aromatic N) is 1. The molecule has 1 saturated carbocycles. The molecule has 0 radical (unpaired) electrons. The fraction of sp³-hybridized carbons (Fsp3) is 0.333. The molecule has 82 valence electrons. The summed E-state index contributed by atoms with van der Waals surface area (Å²) in [6.45, 7) is 0.788. The number of hydrogen-bond donors (Lipinski definition) is 1. The minimum Gasteiger partial charge on any atom is -0.478 e. The number of carboxylic acids is 1. The second-order valence-corrected chi connectivity index (χ2v) is 4.40. The van der Waals surface area contributed by atoms with Gasteiger partial charge in [0.15, 0.2) is 0 Å². The number of carbonyl (C=O) groups is 2. The third-order valence-electron chi connectivity index (χ3n) is 3.35. The Kier molecular flexibility index (Phi) is 1.80. The molecule has 1 aromatic carbocycles. The lowest BCUT2D eigenvalue weighted by atomic mass is 10.2. The SMILES string of the molecule is O=C(O)c1ccc(N2CC3CC3C2=O)cc1. The highest BCUT2D eigenvalue weighted by atomic mass is 16.4. The quantitative estimate of drug-likeness (QED) is 0.813. The number of carbonyl (C=O) groups excluding carboxylic acids is 1. The van der Waals surface area contributed by atoms with Crippen molar-refractivity contribution in [2.45, 2.75) is 6.42 Å². The fourth-order valence-electron chi connectivity index (χ4n) is 2.29. The molecule has 2 unspecified atom stereocenters. The van der Waals surface area contributed by atoms with Crippen molar-refractivity contribution in [3.05, 3.63) is 29.8 Å². The van der Waals surface area contributed by atoms with Gasteiger partial charge in [0.25, 0.3) is 0 Å². The molecule has 1 aliphatic heterocycles. The van der Waals surface area contributed by atoms with Crippen molar-refractivity contribution in [1.82, 2.24) is 0 Å². The molecular formula is C12H11NO3. The Morgan fingerprint density at radius 2 is 2.00 bits per heavy atom. The molecule has 16 heavy (non-hydrogen) atoms. The number of rotatable bonds is 2. The lowest BCUT2D eigenvalue weighted by Gasteiger charge is -2.18. The number of piperidine rings is 1. The summed E-state index contributed by atoms with van der Waals surface area (Å²) in [4.78, 5) is 24.2. The van der Waals surface area contributed by atoms with Gasteiger partial charge in [-0.2, -0.15) is 0 Å². The summed E-state index contributed by atoms with van der Waals surface area (Å²) in [7, 11) is 0. The normalized spacial score (nSPS) is 26.8. The van der Waals surface area contributed by atoms with Gasteiger partial charge in [-0.1, -0.05) is 0 Å². The molecule has 2 aliphatic rings. The topological polar surface area (TPSA) is 57.6 Å². The Labute approximate surface area is 92.5 Å². The first kappa shape index (κ1) is 9.39. The van der Waals surface area contributed by atoms with Gasteiger partial charge in [-0.25, -0.2) is 4.79 Å². The lowest BCUT2D eigenvalue weighted by Crippen LogP contribution is -2.27. The summed E-state index contributed by atoms with van der Waals surface area (Å²) in [6, 6.07) is 6.47. The van der Waals surface area contributed by atoms with Crippen LogP contribution in [0.15, 0.2) is 24.3 Å². The van der Waals surface area contributed by atoms with Crippen LogP contribution in [-0.2, 0) is 4.79 Å². The third kappa shape index (κ3) is 1.30. The van der Waals surface area contributed by atoms with Crippen molar-refractivity contribution in [2.75, 3.05) is 11.4 Å². The largest absolute Gasteiger partial charge is 0.478 e. The van der Waals surface area contributed by atoms with Gasteiger partial charge in [0.1, 0.15) is 0 Å². The van der Waals surface area contributed by atoms with E-state index in [4.69, 9.17) is 5.11 Å². The number of anilines is 1. The molecular weight excluding hydrogens is 206 g/mol. The fourth-order valence-corrected chi connectivity index (χ4v) is 2.29. The number of carboxylic acid groups (broad SMARTS) is 1. The predicted molar refractivity (Wildman–Crippen MR) is 57.4 cm³/mol. The minimum absolute atomic E-state index is 0.188. The zero-order valence-electron chi connectivity index (χ0n) is 8.59. The monoisotopic (exact) mass is 217 g/mol. The van der Waals surface area contributed by atoms with Crippen molar-refractivity contribution < 1.29 is 14.7 Å². The summed E-state index contributed by atoms with van der Waals surface area (Å²) in [5.41, 5.74) is 1.06. The van der Waals surface area contributed by atoms with E-state index in [-0.39, 0.29) is 17.4 Å². The molecule has 1 saturated heterocycles. The van der Waals surface area contributed by atoms with Gasteiger partial charge >= 0.3 is 5.97 Å². The summed E-state index contributed by atoms with van der Waals surface area (Å²) >= 11 is 0. The van der Waals surface area contributed by atoms with E-state index in [0.717, 1.165) is 18.7 Å². The molecule has 1 N–H and O–H groups in total. The van der Waals surface area contributed by atoms with Crippen LogP contribution >= 0.6 is 0 Å². The van der Waals surface area contributed by atoms with Crippen LogP contribution in [0.25, 0.3) is 0 Å². The van der Waals surface area contributed by atoms with Crippen LogP contribution in [0.3, 0.4) is 0 Å². The highest BCUT2D eigenvalue weighted by molar-refractivity contribution is 6.00. The number of hydrogen-bond acceptors (Lipinski definition) is 2. The first-order valence-electron chi connectivity index (χ1n) is 5.31. The summed E-state index contributed by atoms with van der Waals surface area (Å²) in [6.07, 6.45) is 1.03. The zero-order chi connectivity index (χ0) is 11.3. The van der Waals surface area contributed by atoms with E-state index in [1.807, 2.05) is 0 Å². The van der Waals surface area contributed by atoms with E-state index in [9.17, 15) is 9.59 Å². The Balaban J connectivity index is 1.85. The average molecular weight is 217 g/mol. The first-order valence-corrected chi connectivity index (χ1v) is 5.31. The Bertz CT molecular complexity index is 466. The van der Waals surface area contributed by atoms with Crippen molar-refractivity contribution >= 4 is 17.6 Å². The lowest BCUT2D eigenvalue weighted by molar-refractivity contribution is -0.118. The Hall–Kier alpha value is -1.84. The maximum absolute atomic E-state index is 11.8. The second kappa shape index (κ2) is 3.07.